The lowest BCUT2D eigenvalue weighted by Gasteiger charge is -2.13. The minimum absolute atomic E-state index is 0.580. The third-order valence-electron chi connectivity index (χ3n) is 3.56. The highest BCUT2D eigenvalue weighted by molar-refractivity contribution is 5.61. The summed E-state index contributed by atoms with van der Waals surface area (Å²) in [4.78, 5) is 0. The summed E-state index contributed by atoms with van der Waals surface area (Å²) >= 11 is 0. The van der Waals surface area contributed by atoms with Gasteiger partial charge in [-0.2, -0.15) is 0 Å². The van der Waals surface area contributed by atoms with Crippen LogP contribution in [0.2, 0.25) is 0 Å². The second-order valence-corrected chi connectivity index (χ2v) is 5.00. The van der Waals surface area contributed by atoms with E-state index >= 15 is 0 Å². The highest BCUT2D eigenvalue weighted by Crippen LogP contribution is 2.26. The zero-order valence-electron chi connectivity index (χ0n) is 16.1. The number of aryl methyl sites for hydroxylation is 3. The van der Waals surface area contributed by atoms with Gasteiger partial charge in [0.15, 0.2) is 6.20 Å². The molecule has 2 aromatic rings. The highest BCUT2D eigenvalue weighted by Gasteiger charge is 2.17. The van der Waals surface area contributed by atoms with Crippen LogP contribution in [0.4, 0.5) is 0 Å². The Morgan fingerprint density at radius 3 is 2.74 bits per heavy atom. The van der Waals surface area contributed by atoms with Crippen molar-refractivity contribution < 1.29 is 10.1 Å². The fourth-order valence-corrected chi connectivity index (χ4v) is 2.46. The topological polar surface area (TPSA) is 3.88 Å². The predicted octanol–water partition coefficient (Wildman–Crippen LogP) is 4.17. The van der Waals surface area contributed by atoms with Crippen LogP contribution in [0, 0.1) is 6.92 Å². The standard InChI is InChI=1S/C18H24N/c1-6-15-12-19(5)18(11-17(15)13(2)3)16-10-8-7-9-14(16)4/h7-13H,6H2,1-5H3/q+1/i2D3,13D. The van der Waals surface area contributed by atoms with Gasteiger partial charge in [-0.25, -0.2) is 4.57 Å². The lowest BCUT2D eigenvalue weighted by Crippen LogP contribution is -2.32. The second-order valence-electron chi connectivity index (χ2n) is 5.00. The molecule has 1 aromatic carbocycles. The van der Waals surface area contributed by atoms with Crippen molar-refractivity contribution in [3.05, 3.63) is 53.2 Å². The van der Waals surface area contributed by atoms with Gasteiger partial charge in [-0.05, 0) is 36.4 Å². The lowest BCUT2D eigenvalue weighted by atomic mass is 9.94. The van der Waals surface area contributed by atoms with Gasteiger partial charge in [0, 0.05) is 22.7 Å². The molecule has 1 atom stereocenters. The van der Waals surface area contributed by atoms with Gasteiger partial charge in [0.25, 0.3) is 0 Å². The van der Waals surface area contributed by atoms with E-state index in [1.165, 1.54) is 6.92 Å². The van der Waals surface area contributed by atoms with Crippen molar-refractivity contribution in [1.29, 1.82) is 0 Å². The third-order valence-corrected chi connectivity index (χ3v) is 3.56. The summed E-state index contributed by atoms with van der Waals surface area (Å²) in [5.41, 5.74) is 4.59. The summed E-state index contributed by atoms with van der Waals surface area (Å²) in [6.45, 7) is 3.13. The van der Waals surface area contributed by atoms with E-state index in [2.05, 4.69) is 0 Å². The van der Waals surface area contributed by atoms with Gasteiger partial charge in [-0.1, -0.05) is 38.9 Å². The first-order valence-electron chi connectivity index (χ1n) is 8.68. The first-order chi connectivity index (χ1) is 10.6. The molecule has 0 radical (unpaired) electrons. The SMILES string of the molecule is [2H]C([2H])([2H])C([2H])(C)c1cc(-c2ccccc2C)[n+](C)cc1CC. The molecule has 0 bridgehead atoms. The van der Waals surface area contributed by atoms with Crippen molar-refractivity contribution in [1.82, 2.24) is 0 Å². The van der Waals surface area contributed by atoms with Crippen molar-refractivity contribution in [3.63, 3.8) is 0 Å². The van der Waals surface area contributed by atoms with Crippen LogP contribution in [-0.2, 0) is 13.5 Å². The van der Waals surface area contributed by atoms with Crippen LogP contribution in [-0.4, -0.2) is 0 Å². The molecule has 1 heteroatoms. The molecule has 0 aliphatic carbocycles. The Morgan fingerprint density at radius 1 is 1.37 bits per heavy atom. The molecule has 19 heavy (non-hydrogen) atoms. The van der Waals surface area contributed by atoms with Gasteiger partial charge in [0.05, 0.1) is 0 Å². The minimum Gasteiger partial charge on any atom is -0.201 e. The van der Waals surface area contributed by atoms with E-state index in [1.807, 2.05) is 62.0 Å². The van der Waals surface area contributed by atoms with Crippen LogP contribution >= 0.6 is 0 Å². The van der Waals surface area contributed by atoms with Crippen molar-refractivity contribution in [2.45, 2.75) is 39.9 Å². The van der Waals surface area contributed by atoms with Crippen LogP contribution in [0.15, 0.2) is 36.5 Å². The van der Waals surface area contributed by atoms with Crippen LogP contribution < -0.4 is 4.57 Å². The summed E-state index contributed by atoms with van der Waals surface area (Å²) in [5.74, 6) is -1.63. The molecular weight excluding hydrogens is 230 g/mol. The van der Waals surface area contributed by atoms with Gasteiger partial charge in [0.2, 0.25) is 5.69 Å². The molecule has 0 N–H and O–H groups in total. The Morgan fingerprint density at radius 2 is 2.11 bits per heavy atom. The van der Waals surface area contributed by atoms with Crippen LogP contribution in [0.1, 0.15) is 48.8 Å². The molecule has 0 aliphatic rings. The van der Waals surface area contributed by atoms with Crippen molar-refractivity contribution in [2.75, 3.05) is 0 Å². The largest absolute Gasteiger partial charge is 0.212 e. The molecule has 1 heterocycles. The number of pyridine rings is 1. The maximum absolute atomic E-state index is 8.47. The first-order valence-corrected chi connectivity index (χ1v) is 6.68. The van der Waals surface area contributed by atoms with E-state index in [-0.39, 0.29) is 0 Å². The molecule has 100 valence electrons. The number of nitrogens with zero attached hydrogens (tertiary/aromatic N) is 1. The summed E-state index contributed by atoms with van der Waals surface area (Å²) in [6.07, 6.45) is 2.65. The van der Waals surface area contributed by atoms with Crippen LogP contribution in [0.25, 0.3) is 11.3 Å². The molecule has 0 aliphatic heterocycles. The number of rotatable bonds is 3. The summed E-state index contributed by atoms with van der Waals surface area (Å²) in [7, 11) is 1.96. The van der Waals surface area contributed by atoms with E-state index < -0.39 is 12.7 Å². The zero-order chi connectivity index (χ0) is 17.4. The van der Waals surface area contributed by atoms with E-state index in [9.17, 15) is 0 Å². The highest BCUT2D eigenvalue weighted by atomic mass is 14.9. The molecule has 1 nitrogen and oxygen atoms in total. The smallest absolute Gasteiger partial charge is 0.201 e. The van der Waals surface area contributed by atoms with Gasteiger partial charge in [-0.15, -0.1) is 0 Å². The number of hydrogen-bond donors (Lipinski definition) is 0. The van der Waals surface area contributed by atoms with Crippen LogP contribution in [0.5, 0.6) is 0 Å². The molecule has 0 saturated heterocycles. The predicted molar refractivity (Wildman–Crippen MR) is 81.3 cm³/mol. The molecule has 1 unspecified atom stereocenters. The Balaban J connectivity index is 2.74. The van der Waals surface area contributed by atoms with E-state index in [0.717, 1.165) is 22.4 Å². The zero-order valence-corrected chi connectivity index (χ0v) is 12.1. The fourth-order valence-electron chi connectivity index (χ4n) is 2.46. The second kappa shape index (κ2) is 5.56. The minimum atomic E-state index is -2.38. The lowest BCUT2D eigenvalue weighted by molar-refractivity contribution is -0.660. The Bertz CT molecular complexity index is 717. The monoisotopic (exact) mass is 258 g/mol. The van der Waals surface area contributed by atoms with Crippen molar-refractivity contribution >= 4 is 0 Å². The molecule has 0 fully saturated rings. The summed E-state index contributed by atoms with van der Waals surface area (Å²) in [6, 6.07) is 9.89. The first kappa shape index (κ1) is 9.30. The third kappa shape index (κ3) is 2.70. The van der Waals surface area contributed by atoms with E-state index in [0.29, 0.717) is 12.0 Å². The number of hydrogen-bond acceptors (Lipinski definition) is 0. The average Bonchev–Trinajstić information content (AvgIpc) is 2.46. The van der Waals surface area contributed by atoms with Gasteiger partial charge < -0.3 is 0 Å². The maximum Gasteiger partial charge on any atom is 0.212 e. The van der Waals surface area contributed by atoms with E-state index in [4.69, 9.17) is 5.48 Å². The Kier molecular flexibility index (Phi) is 2.72. The Hall–Kier alpha value is -1.63. The average molecular weight is 258 g/mol. The number of benzene rings is 1. The van der Waals surface area contributed by atoms with E-state index in [1.54, 1.807) is 0 Å². The molecule has 0 amide bonds. The number of aromatic nitrogens is 1. The fraction of sp³-hybridized carbons (Fsp3) is 0.389. The summed E-state index contributed by atoms with van der Waals surface area (Å²) < 4.78 is 33.8. The quantitative estimate of drug-likeness (QED) is 0.727. The molecule has 0 spiro atoms. The summed E-state index contributed by atoms with van der Waals surface area (Å²) in [5, 5.41) is 0. The van der Waals surface area contributed by atoms with Gasteiger partial charge >= 0.3 is 0 Å². The normalized spacial score (nSPS) is 17.9. The molecule has 1 aromatic heterocycles. The van der Waals surface area contributed by atoms with Crippen molar-refractivity contribution in [3.8, 4) is 11.3 Å². The maximum atomic E-state index is 8.47. The Labute approximate surface area is 122 Å². The van der Waals surface area contributed by atoms with Crippen LogP contribution in [0.3, 0.4) is 0 Å². The van der Waals surface area contributed by atoms with Gasteiger partial charge in [-0.3, -0.25) is 0 Å². The molecule has 0 saturated carbocycles. The van der Waals surface area contributed by atoms with Crippen molar-refractivity contribution in [2.24, 2.45) is 7.05 Å². The molecular formula is C18H24N+. The molecule has 2 rings (SSSR count). The van der Waals surface area contributed by atoms with Gasteiger partial charge in [0.1, 0.15) is 7.05 Å².